The molecule has 0 saturated heterocycles. The molecule has 12 heteroatoms. The third-order valence-corrected chi connectivity index (χ3v) is 10.4. The van der Waals surface area contributed by atoms with Crippen molar-refractivity contribution in [2.45, 2.75) is 75.5 Å². The van der Waals surface area contributed by atoms with E-state index in [4.69, 9.17) is 21.4 Å². The van der Waals surface area contributed by atoms with E-state index in [-0.39, 0.29) is 23.3 Å². The summed E-state index contributed by atoms with van der Waals surface area (Å²) in [6.45, 7) is 4.63. The van der Waals surface area contributed by atoms with E-state index in [0.717, 1.165) is 54.3 Å². The lowest BCUT2D eigenvalue weighted by atomic mass is 9.85. The Labute approximate surface area is 270 Å². The van der Waals surface area contributed by atoms with E-state index < -0.39 is 17.5 Å². The van der Waals surface area contributed by atoms with Gasteiger partial charge in [-0.25, -0.2) is 4.98 Å². The molecule has 4 unspecified atom stereocenters. The van der Waals surface area contributed by atoms with Crippen molar-refractivity contribution < 1.29 is 18.8 Å². The van der Waals surface area contributed by atoms with E-state index in [2.05, 4.69) is 27.1 Å². The summed E-state index contributed by atoms with van der Waals surface area (Å²) in [5, 5.41) is 28.0. The molecule has 0 bridgehead atoms. The van der Waals surface area contributed by atoms with Crippen LogP contribution >= 0.6 is 23.5 Å². The van der Waals surface area contributed by atoms with Gasteiger partial charge in [-0.3, -0.25) is 9.52 Å². The number of halogens is 2. The lowest BCUT2D eigenvalue weighted by molar-refractivity contribution is 0.0202. The molecule has 0 spiro atoms. The monoisotopic (exact) mass is 648 g/mol. The Kier molecular flexibility index (Phi) is 9.02. The first-order valence-electron chi connectivity index (χ1n) is 15.1. The van der Waals surface area contributed by atoms with Gasteiger partial charge >= 0.3 is 0 Å². The zero-order valence-corrected chi connectivity index (χ0v) is 26.6. The molecule has 3 aromatic heterocycles. The van der Waals surface area contributed by atoms with Crippen molar-refractivity contribution in [2.75, 3.05) is 5.32 Å². The maximum absolute atomic E-state index is 13.9. The van der Waals surface area contributed by atoms with Gasteiger partial charge in [0.2, 0.25) is 5.95 Å². The molecule has 1 saturated carbocycles. The summed E-state index contributed by atoms with van der Waals surface area (Å²) >= 11 is 8.36. The van der Waals surface area contributed by atoms with Gasteiger partial charge in [0.25, 0.3) is 5.91 Å². The van der Waals surface area contributed by atoms with Gasteiger partial charge in [0.1, 0.15) is 28.8 Å². The third-order valence-electron chi connectivity index (χ3n) is 8.88. The number of rotatable bonds is 9. The number of nitrogens with zero attached hydrogens (tertiary/aromatic N) is 4. The molecule has 2 aliphatic rings. The molecule has 3 N–H and O–H groups in total. The predicted molar refractivity (Wildman–Crippen MR) is 170 cm³/mol. The van der Waals surface area contributed by atoms with Gasteiger partial charge in [-0.2, -0.15) is 9.65 Å². The lowest BCUT2D eigenvalue weighted by Gasteiger charge is -2.30. The molecule has 1 aliphatic carbocycles. The van der Waals surface area contributed by atoms with Crippen molar-refractivity contribution in [1.29, 1.82) is 5.26 Å². The maximum Gasteiger partial charge on any atom is 0.273 e. The van der Waals surface area contributed by atoms with Crippen LogP contribution in [0, 0.1) is 29.1 Å². The predicted octanol–water partition coefficient (Wildman–Crippen LogP) is 7.10. The topological polar surface area (TPSA) is 129 Å². The number of hydrogen-bond donors (Lipinski definition) is 3. The number of pyridine rings is 1. The summed E-state index contributed by atoms with van der Waals surface area (Å²) < 4.78 is 25.1. The van der Waals surface area contributed by atoms with Crippen LogP contribution in [-0.2, 0) is 18.6 Å². The minimum atomic E-state index is -1.19. The van der Waals surface area contributed by atoms with Gasteiger partial charge in [-0.15, -0.1) is 0 Å². The van der Waals surface area contributed by atoms with Crippen LogP contribution in [0.15, 0.2) is 57.9 Å². The van der Waals surface area contributed by atoms with Crippen LogP contribution in [0.4, 0.5) is 10.1 Å². The second-order valence-corrected chi connectivity index (χ2v) is 13.4. The summed E-state index contributed by atoms with van der Waals surface area (Å²) in [5.74, 6) is -0.201. The number of amides is 1. The maximum atomic E-state index is 13.9. The average molecular weight is 649 g/mol. The Hall–Kier alpha value is -3.69. The number of carbonyl (C=O) groups is 1. The van der Waals surface area contributed by atoms with E-state index in [0.29, 0.717) is 41.1 Å². The zero-order chi connectivity index (χ0) is 31.7. The molecular weight excluding hydrogens is 615 g/mol. The summed E-state index contributed by atoms with van der Waals surface area (Å²) in [6, 6.07) is 15.8. The molecule has 1 fully saturated rings. The molecule has 4 aromatic rings. The molecule has 234 valence electrons. The summed E-state index contributed by atoms with van der Waals surface area (Å²) in [7, 11) is 0. The molecule has 1 aromatic carbocycles. The van der Waals surface area contributed by atoms with E-state index in [9.17, 15) is 14.3 Å². The fourth-order valence-electron chi connectivity index (χ4n) is 6.56. The van der Waals surface area contributed by atoms with E-state index in [1.54, 1.807) is 13.0 Å². The second-order valence-electron chi connectivity index (χ2n) is 12.2. The average Bonchev–Trinajstić information content (AvgIpc) is 3.73. The highest BCUT2D eigenvalue weighted by Crippen LogP contribution is 2.43. The molecule has 9 nitrogen and oxygen atoms in total. The lowest BCUT2D eigenvalue weighted by Crippen LogP contribution is -2.36. The van der Waals surface area contributed by atoms with Crippen molar-refractivity contribution in [3.8, 4) is 17.4 Å². The van der Waals surface area contributed by atoms with E-state index >= 15 is 0 Å². The van der Waals surface area contributed by atoms with Crippen LogP contribution in [0.25, 0.3) is 11.3 Å². The molecule has 4 heterocycles. The number of nitrogens with one attached hydrogen (secondary N) is 2. The Morgan fingerprint density at radius 1 is 1.27 bits per heavy atom. The standard InChI is InChI=1S/C33H34ClFN6O3S/c1-19-11-12-21(17-33(2,43)26-16-25(44-39-26)20-8-4-3-5-9-20)29(19)40-45-31-24-10-6-7-13-41(24)30(28(31)34)32(42)38-22-14-23(18-36)37-27(35)15-22/h3-5,8-9,14-16,19,21,29,40,43H,6-7,10-13,17H2,1-2H3,(H,37,38,42). The van der Waals surface area contributed by atoms with Crippen LogP contribution in [0.1, 0.15) is 73.5 Å². The van der Waals surface area contributed by atoms with Crippen molar-refractivity contribution in [1.82, 2.24) is 19.4 Å². The van der Waals surface area contributed by atoms with Gasteiger partial charge in [0, 0.05) is 41.7 Å². The van der Waals surface area contributed by atoms with Gasteiger partial charge in [-0.1, -0.05) is 54.0 Å². The quantitative estimate of drug-likeness (QED) is 0.129. The van der Waals surface area contributed by atoms with Crippen LogP contribution in [0.5, 0.6) is 0 Å². The van der Waals surface area contributed by atoms with Crippen LogP contribution in [0.2, 0.25) is 5.02 Å². The normalized spacial score (nSPS) is 20.8. The summed E-state index contributed by atoms with van der Waals surface area (Å²) in [6.07, 6.45) is 5.11. The minimum Gasteiger partial charge on any atom is -0.384 e. The molecule has 1 aliphatic heterocycles. The van der Waals surface area contributed by atoms with Crippen molar-refractivity contribution in [3.63, 3.8) is 0 Å². The SMILES string of the molecule is CC1CCC(CC(C)(O)c2cc(-c3ccccc3)on2)C1NSc1c(Cl)c(C(=O)Nc2cc(F)nc(C#N)c2)n2c1CCCC2. The van der Waals surface area contributed by atoms with Crippen LogP contribution in [0.3, 0.4) is 0 Å². The minimum absolute atomic E-state index is 0.0821. The number of anilines is 1. The van der Waals surface area contributed by atoms with Gasteiger partial charge in [-0.05, 0) is 75.3 Å². The van der Waals surface area contributed by atoms with Gasteiger partial charge < -0.3 is 19.5 Å². The highest BCUT2D eigenvalue weighted by atomic mass is 35.5. The van der Waals surface area contributed by atoms with Crippen molar-refractivity contribution in [2.24, 2.45) is 11.8 Å². The number of aliphatic hydroxyl groups is 1. The molecule has 45 heavy (non-hydrogen) atoms. The Morgan fingerprint density at radius 3 is 2.84 bits per heavy atom. The Bertz CT molecular complexity index is 1750. The smallest absolute Gasteiger partial charge is 0.273 e. The van der Waals surface area contributed by atoms with Crippen LogP contribution in [-0.4, -0.2) is 31.8 Å². The Morgan fingerprint density at radius 2 is 2.07 bits per heavy atom. The summed E-state index contributed by atoms with van der Waals surface area (Å²) in [5.41, 5.74) is 1.52. The number of fused-ring (bicyclic) bond motifs is 1. The van der Waals surface area contributed by atoms with Crippen molar-refractivity contribution >= 4 is 35.1 Å². The molecular formula is C33H34ClFN6O3S. The van der Waals surface area contributed by atoms with Gasteiger partial charge in [0.15, 0.2) is 5.76 Å². The molecule has 4 atom stereocenters. The highest BCUT2D eigenvalue weighted by Gasteiger charge is 2.40. The van der Waals surface area contributed by atoms with E-state index in [1.165, 1.54) is 18.0 Å². The number of aromatic nitrogens is 3. The van der Waals surface area contributed by atoms with E-state index in [1.807, 2.05) is 41.0 Å². The first-order chi connectivity index (χ1) is 21.6. The molecule has 0 radical (unpaired) electrons. The third kappa shape index (κ3) is 6.51. The van der Waals surface area contributed by atoms with Crippen molar-refractivity contribution in [3.05, 3.63) is 82.3 Å². The fraction of sp³-hybridized carbons (Fsp3) is 0.394. The largest absolute Gasteiger partial charge is 0.384 e. The first kappa shape index (κ1) is 31.3. The Balaban J connectivity index is 1.19. The summed E-state index contributed by atoms with van der Waals surface area (Å²) in [4.78, 5) is 17.8. The number of hydrogen-bond acceptors (Lipinski definition) is 8. The first-order valence-corrected chi connectivity index (χ1v) is 16.3. The zero-order valence-electron chi connectivity index (χ0n) is 25.0. The fourth-order valence-corrected chi connectivity index (χ4v) is 8.17. The number of nitriles is 1. The number of benzene rings is 1. The van der Waals surface area contributed by atoms with Crippen LogP contribution < -0.4 is 10.0 Å². The molecule has 1 amide bonds. The highest BCUT2D eigenvalue weighted by molar-refractivity contribution is 7.97. The van der Waals surface area contributed by atoms with Gasteiger partial charge in [0.05, 0.1) is 9.92 Å². The second kappa shape index (κ2) is 13.0. The molecule has 6 rings (SSSR count). The number of carbonyl (C=O) groups excluding carboxylic acids is 1.